The van der Waals surface area contributed by atoms with Crippen LogP contribution in [-0.4, -0.2) is 21.0 Å². The summed E-state index contributed by atoms with van der Waals surface area (Å²) in [4.78, 5) is 22.8. The largest absolute Gasteiger partial charge is 0.320 e. The second kappa shape index (κ2) is 5.53. The number of non-ortho nitro benzene ring substituents is 1. The Hall–Kier alpha value is -3.22. The average molecular weight is 310 g/mol. The summed E-state index contributed by atoms with van der Waals surface area (Å²) < 4.78 is 0. The number of H-pyrrole nitrogens is 1. The summed E-state index contributed by atoms with van der Waals surface area (Å²) in [5, 5.41) is 20.8. The summed E-state index contributed by atoms with van der Waals surface area (Å²) in [6, 6.07) is 9.93. The summed E-state index contributed by atoms with van der Waals surface area (Å²) in [5.74, 6) is -0.413. The molecule has 3 aromatic rings. The van der Waals surface area contributed by atoms with Gasteiger partial charge in [0.05, 0.1) is 10.4 Å². The molecule has 1 amide bonds. The van der Waals surface area contributed by atoms with Gasteiger partial charge in [-0.2, -0.15) is 5.10 Å². The molecule has 0 saturated heterocycles. The Bertz CT molecular complexity index is 930. The number of hydrogen-bond acceptors (Lipinski definition) is 4. The Labute approximate surface area is 131 Å². The summed E-state index contributed by atoms with van der Waals surface area (Å²) >= 11 is 0. The van der Waals surface area contributed by atoms with Gasteiger partial charge in [0.25, 0.3) is 11.6 Å². The number of carbonyl (C=O) groups is 1. The van der Waals surface area contributed by atoms with E-state index in [4.69, 9.17) is 0 Å². The molecule has 2 aromatic carbocycles. The van der Waals surface area contributed by atoms with E-state index >= 15 is 0 Å². The maximum atomic E-state index is 12.4. The average Bonchev–Trinajstić information content (AvgIpc) is 2.93. The van der Waals surface area contributed by atoms with Gasteiger partial charge in [0.2, 0.25) is 0 Å². The Morgan fingerprint density at radius 2 is 2.00 bits per heavy atom. The number of aromatic nitrogens is 2. The number of rotatable bonds is 3. The highest BCUT2D eigenvalue weighted by Gasteiger charge is 2.17. The van der Waals surface area contributed by atoms with E-state index in [2.05, 4.69) is 15.5 Å². The molecule has 0 spiro atoms. The van der Waals surface area contributed by atoms with Gasteiger partial charge < -0.3 is 5.32 Å². The van der Waals surface area contributed by atoms with Crippen LogP contribution in [0, 0.1) is 24.0 Å². The van der Waals surface area contributed by atoms with E-state index in [1.165, 1.54) is 18.2 Å². The Balaban J connectivity index is 1.97. The molecular formula is C16H14N4O3. The second-order valence-electron chi connectivity index (χ2n) is 5.33. The van der Waals surface area contributed by atoms with Gasteiger partial charge in [0.1, 0.15) is 0 Å². The van der Waals surface area contributed by atoms with E-state index < -0.39 is 10.8 Å². The number of amides is 1. The number of aromatic amines is 1. The molecule has 0 aliphatic heterocycles. The molecule has 7 heteroatoms. The quantitative estimate of drug-likeness (QED) is 0.572. The fourth-order valence-corrected chi connectivity index (χ4v) is 2.42. The minimum absolute atomic E-state index is 0.0838. The first-order valence-electron chi connectivity index (χ1n) is 6.97. The molecule has 0 atom stereocenters. The van der Waals surface area contributed by atoms with E-state index in [-0.39, 0.29) is 11.4 Å². The molecule has 0 unspecified atom stereocenters. The van der Waals surface area contributed by atoms with E-state index in [1.807, 2.05) is 32.0 Å². The number of carbonyl (C=O) groups excluding carboxylic acids is 1. The number of nitrogens with zero attached hydrogens (tertiary/aromatic N) is 2. The van der Waals surface area contributed by atoms with Crippen LogP contribution < -0.4 is 5.32 Å². The molecule has 0 fully saturated rings. The summed E-state index contributed by atoms with van der Waals surface area (Å²) in [7, 11) is 0. The van der Waals surface area contributed by atoms with Crippen LogP contribution in [0.3, 0.4) is 0 Å². The van der Waals surface area contributed by atoms with Crippen molar-refractivity contribution in [3.63, 3.8) is 0 Å². The number of nitrogens with one attached hydrogen (secondary N) is 2. The molecule has 0 saturated carbocycles. The number of nitro groups is 1. The number of aryl methyl sites for hydroxylation is 2. The first-order chi connectivity index (χ1) is 11.0. The Morgan fingerprint density at radius 1 is 1.22 bits per heavy atom. The molecule has 116 valence electrons. The van der Waals surface area contributed by atoms with Crippen molar-refractivity contribution in [1.29, 1.82) is 0 Å². The first-order valence-corrected chi connectivity index (χ1v) is 6.97. The number of anilines is 1. The molecule has 0 bridgehead atoms. The van der Waals surface area contributed by atoms with E-state index in [0.29, 0.717) is 16.6 Å². The zero-order chi connectivity index (χ0) is 16.6. The van der Waals surface area contributed by atoms with Crippen molar-refractivity contribution in [3.05, 3.63) is 63.3 Å². The molecule has 3 rings (SSSR count). The molecule has 1 heterocycles. The smallest absolute Gasteiger partial charge is 0.276 e. The third-order valence-corrected chi connectivity index (χ3v) is 3.60. The normalized spacial score (nSPS) is 10.7. The van der Waals surface area contributed by atoms with Crippen molar-refractivity contribution in [2.24, 2.45) is 0 Å². The van der Waals surface area contributed by atoms with Crippen molar-refractivity contribution in [3.8, 4) is 0 Å². The van der Waals surface area contributed by atoms with Gasteiger partial charge in [-0.25, -0.2) is 0 Å². The van der Waals surface area contributed by atoms with Gasteiger partial charge in [-0.1, -0.05) is 17.7 Å². The van der Waals surface area contributed by atoms with Crippen LogP contribution in [0.5, 0.6) is 0 Å². The van der Waals surface area contributed by atoms with Crippen molar-refractivity contribution < 1.29 is 9.72 Å². The number of nitro benzene ring substituents is 1. The monoisotopic (exact) mass is 310 g/mol. The van der Waals surface area contributed by atoms with E-state index in [1.54, 1.807) is 0 Å². The highest BCUT2D eigenvalue weighted by Crippen LogP contribution is 2.23. The third-order valence-electron chi connectivity index (χ3n) is 3.60. The molecule has 2 N–H and O–H groups in total. The van der Waals surface area contributed by atoms with Crippen molar-refractivity contribution >= 4 is 28.2 Å². The van der Waals surface area contributed by atoms with Gasteiger partial charge in [0, 0.05) is 23.2 Å². The zero-order valence-electron chi connectivity index (χ0n) is 12.6. The molecule has 0 aliphatic carbocycles. The molecule has 1 aromatic heterocycles. The van der Waals surface area contributed by atoms with Gasteiger partial charge >= 0.3 is 0 Å². The van der Waals surface area contributed by atoms with Crippen molar-refractivity contribution in [1.82, 2.24) is 10.2 Å². The maximum Gasteiger partial charge on any atom is 0.276 e. The number of fused-ring (bicyclic) bond motifs is 1. The van der Waals surface area contributed by atoms with Crippen LogP contribution in [0.1, 0.15) is 21.6 Å². The maximum absolute atomic E-state index is 12.4. The topological polar surface area (TPSA) is 101 Å². The summed E-state index contributed by atoms with van der Waals surface area (Å²) in [5.41, 5.74) is 3.33. The van der Waals surface area contributed by atoms with Crippen LogP contribution in [0.2, 0.25) is 0 Å². The lowest BCUT2D eigenvalue weighted by atomic mass is 10.1. The molecule has 23 heavy (non-hydrogen) atoms. The zero-order valence-corrected chi connectivity index (χ0v) is 12.6. The summed E-state index contributed by atoms with van der Waals surface area (Å²) in [6.45, 7) is 3.87. The predicted molar refractivity (Wildman–Crippen MR) is 86.6 cm³/mol. The predicted octanol–water partition coefficient (Wildman–Crippen LogP) is 3.34. The highest BCUT2D eigenvalue weighted by atomic mass is 16.6. The van der Waals surface area contributed by atoms with Gasteiger partial charge in [-0.3, -0.25) is 20.0 Å². The van der Waals surface area contributed by atoms with Crippen LogP contribution >= 0.6 is 0 Å². The first kappa shape index (κ1) is 14.7. The van der Waals surface area contributed by atoms with E-state index in [0.717, 1.165) is 11.1 Å². The Kier molecular flexibility index (Phi) is 3.53. The lowest BCUT2D eigenvalue weighted by Crippen LogP contribution is -2.13. The van der Waals surface area contributed by atoms with Crippen LogP contribution in [0.25, 0.3) is 10.9 Å². The molecule has 0 aliphatic rings. The van der Waals surface area contributed by atoms with Crippen LogP contribution in [0.15, 0.2) is 36.4 Å². The lowest BCUT2D eigenvalue weighted by Gasteiger charge is -2.08. The standard InChI is InChI=1S/C16H14N4O3/c1-9-3-5-13(10(2)7-9)17-16(21)15-12-8-11(20(22)23)4-6-14(12)18-19-15/h3-8H,1-2H3,(H,17,21)(H,18,19). The molecule has 0 radical (unpaired) electrons. The molecular weight excluding hydrogens is 296 g/mol. The summed E-state index contributed by atoms with van der Waals surface area (Å²) in [6.07, 6.45) is 0. The number of hydrogen-bond donors (Lipinski definition) is 2. The second-order valence-corrected chi connectivity index (χ2v) is 5.33. The lowest BCUT2D eigenvalue weighted by molar-refractivity contribution is -0.384. The fourth-order valence-electron chi connectivity index (χ4n) is 2.42. The highest BCUT2D eigenvalue weighted by molar-refractivity contribution is 6.11. The third kappa shape index (κ3) is 2.76. The SMILES string of the molecule is Cc1ccc(NC(=O)c2n[nH]c3ccc([N+](=O)[O-])cc23)c(C)c1. The van der Waals surface area contributed by atoms with Crippen LogP contribution in [-0.2, 0) is 0 Å². The van der Waals surface area contributed by atoms with Gasteiger partial charge in [-0.05, 0) is 31.5 Å². The minimum atomic E-state index is -0.502. The van der Waals surface area contributed by atoms with Crippen molar-refractivity contribution in [2.75, 3.05) is 5.32 Å². The van der Waals surface area contributed by atoms with Crippen LogP contribution in [0.4, 0.5) is 11.4 Å². The molecule has 7 nitrogen and oxygen atoms in total. The number of benzene rings is 2. The van der Waals surface area contributed by atoms with Crippen molar-refractivity contribution in [2.45, 2.75) is 13.8 Å². The Morgan fingerprint density at radius 3 is 2.70 bits per heavy atom. The fraction of sp³-hybridized carbons (Fsp3) is 0.125. The van der Waals surface area contributed by atoms with Gasteiger partial charge in [-0.15, -0.1) is 0 Å². The minimum Gasteiger partial charge on any atom is -0.320 e. The van der Waals surface area contributed by atoms with E-state index in [9.17, 15) is 14.9 Å². The van der Waals surface area contributed by atoms with Gasteiger partial charge in [0.15, 0.2) is 5.69 Å².